The lowest BCUT2D eigenvalue weighted by Crippen LogP contribution is -2.54. The Morgan fingerprint density at radius 3 is 2.44 bits per heavy atom. The number of carbonyl (C=O) groups is 1. The summed E-state index contributed by atoms with van der Waals surface area (Å²) in [4.78, 5) is 16.8. The summed E-state index contributed by atoms with van der Waals surface area (Å²) in [5.41, 5.74) is 5.98. The second-order valence-electron chi connectivity index (χ2n) is 6.09. The number of nitrogens with zero attached hydrogens (tertiary/aromatic N) is 2. The van der Waals surface area contributed by atoms with Gasteiger partial charge in [-0.1, -0.05) is 13.8 Å². The van der Waals surface area contributed by atoms with Crippen LogP contribution in [0.2, 0.25) is 0 Å². The number of hydrogen-bond donors (Lipinski definition) is 1. The minimum Gasteiger partial charge on any atom is -0.340 e. The Labute approximate surface area is 110 Å². The van der Waals surface area contributed by atoms with E-state index in [-0.39, 0.29) is 17.9 Å². The monoisotopic (exact) mass is 253 g/mol. The summed E-state index contributed by atoms with van der Waals surface area (Å²) >= 11 is 0. The molecule has 2 atom stereocenters. The van der Waals surface area contributed by atoms with E-state index in [9.17, 15) is 4.79 Å². The van der Waals surface area contributed by atoms with E-state index in [0.717, 1.165) is 19.5 Å². The zero-order valence-corrected chi connectivity index (χ0v) is 11.8. The lowest BCUT2D eigenvalue weighted by molar-refractivity contribution is -0.135. The summed E-state index contributed by atoms with van der Waals surface area (Å²) in [6.07, 6.45) is 4.99. The van der Waals surface area contributed by atoms with Crippen molar-refractivity contribution in [2.24, 2.45) is 11.7 Å². The van der Waals surface area contributed by atoms with Gasteiger partial charge in [-0.25, -0.2) is 0 Å². The number of rotatable bonds is 3. The topological polar surface area (TPSA) is 49.6 Å². The maximum atomic E-state index is 12.3. The lowest BCUT2D eigenvalue weighted by Gasteiger charge is -2.38. The first-order valence-corrected chi connectivity index (χ1v) is 7.38. The predicted molar refractivity (Wildman–Crippen MR) is 73.2 cm³/mol. The summed E-state index contributed by atoms with van der Waals surface area (Å²) in [6.45, 7) is 8.24. The molecule has 2 fully saturated rings. The van der Waals surface area contributed by atoms with E-state index in [1.54, 1.807) is 0 Å². The molecular formula is C14H27N3O. The van der Waals surface area contributed by atoms with Crippen LogP contribution in [0.1, 0.15) is 39.5 Å². The van der Waals surface area contributed by atoms with E-state index in [0.29, 0.717) is 6.04 Å². The molecule has 2 aliphatic heterocycles. The Morgan fingerprint density at radius 1 is 1.17 bits per heavy atom. The number of likely N-dealkylation sites (tertiary alicyclic amines) is 2. The normalized spacial score (nSPS) is 27.8. The molecule has 0 bridgehead atoms. The molecule has 4 nitrogen and oxygen atoms in total. The van der Waals surface area contributed by atoms with Gasteiger partial charge in [0, 0.05) is 19.1 Å². The first-order valence-electron chi connectivity index (χ1n) is 7.38. The molecule has 2 heterocycles. The Morgan fingerprint density at radius 2 is 1.83 bits per heavy atom. The highest BCUT2D eigenvalue weighted by molar-refractivity contribution is 5.82. The number of nitrogens with two attached hydrogens (primary N) is 1. The molecule has 0 saturated carbocycles. The van der Waals surface area contributed by atoms with Gasteiger partial charge in [-0.05, 0) is 44.7 Å². The molecule has 0 aromatic rings. The first-order chi connectivity index (χ1) is 8.59. The summed E-state index contributed by atoms with van der Waals surface area (Å²) in [5, 5.41) is 0. The van der Waals surface area contributed by atoms with Gasteiger partial charge in [0.05, 0.1) is 6.04 Å². The van der Waals surface area contributed by atoms with E-state index < -0.39 is 0 Å². The summed E-state index contributed by atoms with van der Waals surface area (Å²) in [7, 11) is 0. The van der Waals surface area contributed by atoms with Gasteiger partial charge >= 0.3 is 0 Å². The molecule has 104 valence electrons. The third kappa shape index (κ3) is 3.04. The van der Waals surface area contributed by atoms with E-state index in [2.05, 4.69) is 4.90 Å². The van der Waals surface area contributed by atoms with Crippen molar-refractivity contribution in [2.45, 2.75) is 51.6 Å². The van der Waals surface area contributed by atoms with E-state index in [1.807, 2.05) is 18.7 Å². The zero-order chi connectivity index (χ0) is 13.1. The summed E-state index contributed by atoms with van der Waals surface area (Å²) < 4.78 is 0. The molecule has 2 N–H and O–H groups in total. The third-order valence-corrected chi connectivity index (χ3v) is 4.37. The highest BCUT2D eigenvalue weighted by atomic mass is 16.2. The lowest BCUT2D eigenvalue weighted by atomic mass is 10.00. The third-order valence-electron chi connectivity index (χ3n) is 4.37. The summed E-state index contributed by atoms with van der Waals surface area (Å²) in [5.74, 6) is 0.374. The van der Waals surface area contributed by atoms with Crippen LogP contribution >= 0.6 is 0 Å². The average molecular weight is 253 g/mol. The van der Waals surface area contributed by atoms with E-state index >= 15 is 0 Å². The van der Waals surface area contributed by atoms with Gasteiger partial charge in [0.1, 0.15) is 0 Å². The van der Waals surface area contributed by atoms with Crippen LogP contribution in [0.3, 0.4) is 0 Å². The molecule has 2 aliphatic rings. The molecule has 0 spiro atoms. The zero-order valence-electron chi connectivity index (χ0n) is 11.8. The second-order valence-corrected chi connectivity index (χ2v) is 6.09. The molecule has 1 amide bonds. The molecule has 0 aliphatic carbocycles. The average Bonchev–Trinajstić information content (AvgIpc) is 2.91. The van der Waals surface area contributed by atoms with Gasteiger partial charge in [-0.15, -0.1) is 0 Å². The fourth-order valence-corrected chi connectivity index (χ4v) is 3.06. The molecule has 18 heavy (non-hydrogen) atoms. The van der Waals surface area contributed by atoms with Crippen LogP contribution in [-0.4, -0.2) is 54.0 Å². The van der Waals surface area contributed by atoms with Crippen LogP contribution < -0.4 is 5.73 Å². The molecule has 0 radical (unpaired) electrons. The van der Waals surface area contributed by atoms with Gasteiger partial charge in [0.2, 0.25) is 5.91 Å². The van der Waals surface area contributed by atoms with Gasteiger partial charge in [-0.3, -0.25) is 9.69 Å². The maximum absolute atomic E-state index is 12.3. The van der Waals surface area contributed by atoms with Gasteiger partial charge < -0.3 is 10.6 Å². The number of carbonyl (C=O) groups excluding carboxylic acids is 1. The predicted octanol–water partition coefficient (Wildman–Crippen LogP) is 1.06. The quantitative estimate of drug-likeness (QED) is 0.818. The number of hydrogen-bond acceptors (Lipinski definition) is 3. The second kappa shape index (κ2) is 6.02. The Bertz CT molecular complexity index is 287. The number of piperidine rings is 1. The van der Waals surface area contributed by atoms with Crippen molar-refractivity contribution < 1.29 is 4.79 Å². The fourth-order valence-electron chi connectivity index (χ4n) is 3.06. The molecule has 0 aromatic heterocycles. The smallest absolute Gasteiger partial charge is 0.239 e. The van der Waals surface area contributed by atoms with Crippen LogP contribution in [0.25, 0.3) is 0 Å². The minimum absolute atomic E-state index is 0.147. The van der Waals surface area contributed by atoms with Crippen molar-refractivity contribution in [3.8, 4) is 0 Å². The molecule has 4 heteroatoms. The van der Waals surface area contributed by atoms with Gasteiger partial charge in [0.25, 0.3) is 0 Å². The molecular weight excluding hydrogens is 226 g/mol. The van der Waals surface area contributed by atoms with Crippen molar-refractivity contribution >= 4 is 5.91 Å². The van der Waals surface area contributed by atoms with Crippen molar-refractivity contribution in [3.05, 3.63) is 0 Å². The van der Waals surface area contributed by atoms with Crippen LogP contribution in [0, 0.1) is 5.92 Å². The maximum Gasteiger partial charge on any atom is 0.239 e. The molecule has 2 rings (SSSR count). The largest absolute Gasteiger partial charge is 0.340 e. The van der Waals surface area contributed by atoms with Gasteiger partial charge in [0.15, 0.2) is 0 Å². The van der Waals surface area contributed by atoms with Crippen molar-refractivity contribution in [1.82, 2.24) is 9.80 Å². The summed E-state index contributed by atoms with van der Waals surface area (Å²) in [6, 6.07) is 0.242. The van der Waals surface area contributed by atoms with Crippen molar-refractivity contribution in [1.29, 1.82) is 0 Å². The highest BCUT2D eigenvalue weighted by Gasteiger charge is 2.31. The Balaban J connectivity index is 1.91. The van der Waals surface area contributed by atoms with Crippen LogP contribution in [0.4, 0.5) is 0 Å². The molecule has 2 unspecified atom stereocenters. The number of amides is 1. The van der Waals surface area contributed by atoms with Crippen molar-refractivity contribution in [2.75, 3.05) is 26.2 Å². The molecule has 2 saturated heterocycles. The highest BCUT2D eigenvalue weighted by Crippen LogP contribution is 2.21. The van der Waals surface area contributed by atoms with Gasteiger partial charge in [-0.2, -0.15) is 0 Å². The fraction of sp³-hybridized carbons (Fsp3) is 0.929. The van der Waals surface area contributed by atoms with Crippen LogP contribution in [0.5, 0.6) is 0 Å². The van der Waals surface area contributed by atoms with Crippen molar-refractivity contribution in [3.63, 3.8) is 0 Å². The van der Waals surface area contributed by atoms with Crippen LogP contribution in [-0.2, 0) is 4.79 Å². The SMILES string of the molecule is CC(C)C(N)C(=O)N1CCCC(N2CCCC2)C1. The Hall–Kier alpha value is -0.610. The first kappa shape index (κ1) is 13.8. The minimum atomic E-state index is -0.331. The standard InChI is InChI=1S/C14H27N3O/c1-11(2)13(15)14(18)17-9-5-6-12(10-17)16-7-3-4-8-16/h11-13H,3-10,15H2,1-2H3. The van der Waals surface area contributed by atoms with E-state index in [4.69, 9.17) is 5.73 Å². The molecule has 0 aromatic carbocycles. The Kier molecular flexibility index (Phi) is 4.62. The van der Waals surface area contributed by atoms with Crippen LogP contribution in [0.15, 0.2) is 0 Å². The van der Waals surface area contributed by atoms with E-state index in [1.165, 1.54) is 32.4 Å².